The largest absolute Gasteiger partial charge is 0.340 e. The van der Waals surface area contributed by atoms with Crippen molar-refractivity contribution >= 4 is 89.5 Å². The summed E-state index contributed by atoms with van der Waals surface area (Å²) in [5.74, 6) is 0. The highest BCUT2D eigenvalue weighted by atomic mass is 15.0. The van der Waals surface area contributed by atoms with Crippen molar-refractivity contribution in [3.05, 3.63) is 156 Å². The van der Waals surface area contributed by atoms with Gasteiger partial charge < -0.3 is 9.13 Å². The first-order valence-corrected chi connectivity index (χ1v) is 27.0. The van der Waals surface area contributed by atoms with Crippen LogP contribution in [0.2, 0.25) is 0 Å². The summed E-state index contributed by atoms with van der Waals surface area (Å²) in [4.78, 5) is 0. The lowest BCUT2D eigenvalue weighted by Crippen LogP contribution is -1.97. The third kappa shape index (κ3) is 11.0. The summed E-state index contributed by atoms with van der Waals surface area (Å²) in [6, 6.07) is 50.2. The molecule has 9 aromatic rings. The average Bonchev–Trinajstić information content (AvgIpc) is 3.87. The molecule has 0 fully saturated rings. The third-order valence-electron chi connectivity index (χ3n) is 15.0. The van der Waals surface area contributed by atoms with Gasteiger partial charge in [-0.15, -0.1) is 0 Å². The second kappa shape index (κ2) is 23.9. The molecule has 68 heavy (non-hydrogen) atoms. The van der Waals surface area contributed by atoms with E-state index in [2.05, 4.69) is 181 Å². The van der Waals surface area contributed by atoms with Crippen LogP contribution < -0.4 is 0 Å². The Balaban J connectivity index is 0.933. The average molecular weight is 897 g/mol. The van der Waals surface area contributed by atoms with Gasteiger partial charge in [0, 0.05) is 56.7 Å². The fourth-order valence-corrected chi connectivity index (χ4v) is 11.3. The molecule has 0 atom stereocenters. The molecular weight excluding hydrogens is 821 g/mol. The van der Waals surface area contributed by atoms with E-state index in [4.69, 9.17) is 0 Å². The second-order valence-corrected chi connectivity index (χ2v) is 19.8. The molecule has 0 radical (unpaired) electrons. The Kier molecular flexibility index (Phi) is 16.6. The zero-order chi connectivity index (χ0) is 46.3. The van der Waals surface area contributed by atoms with Gasteiger partial charge in [-0.1, -0.05) is 251 Å². The summed E-state index contributed by atoms with van der Waals surface area (Å²) in [6.45, 7) is 6.75. The van der Waals surface area contributed by atoms with Crippen LogP contribution in [0.1, 0.15) is 165 Å². The number of benzene rings is 7. The molecule has 0 amide bonds. The van der Waals surface area contributed by atoms with Crippen molar-refractivity contribution in [1.29, 1.82) is 0 Å². The first kappa shape index (κ1) is 47.2. The number of aromatic nitrogens is 2. The standard InChI is InChI=1S/C66H76N2/c1-3-5-7-9-11-13-15-17-19-29-47-67-63-37-27-25-35-59(63)61-49-51(41-45-65(61)67)39-43-57-53-31-21-23-33-55(53)58(56-34-24-22-32-54(56)57)44-40-52-42-46-66-62(50-52)60-36-26-28-38-64(60)68(66)48-30-20-18-16-14-12-10-8-6-4-2/h21-28,31-46,49-50H,3-20,29-30,47-48H2,1-2H3/b43-39+,44-40+. The Morgan fingerprint density at radius 2 is 0.574 bits per heavy atom. The Morgan fingerprint density at radius 3 is 0.926 bits per heavy atom. The molecule has 0 aliphatic rings. The van der Waals surface area contributed by atoms with Crippen LogP contribution in [0.4, 0.5) is 0 Å². The van der Waals surface area contributed by atoms with Crippen molar-refractivity contribution in [3.8, 4) is 0 Å². The van der Waals surface area contributed by atoms with E-state index in [1.165, 1.54) is 216 Å². The van der Waals surface area contributed by atoms with Crippen molar-refractivity contribution < 1.29 is 0 Å². The molecule has 7 aromatic carbocycles. The summed E-state index contributed by atoms with van der Waals surface area (Å²) >= 11 is 0. The van der Waals surface area contributed by atoms with E-state index < -0.39 is 0 Å². The lowest BCUT2D eigenvalue weighted by atomic mass is 9.90. The number of fused-ring (bicyclic) bond motifs is 8. The molecule has 350 valence electrons. The highest BCUT2D eigenvalue weighted by Gasteiger charge is 2.14. The number of rotatable bonds is 26. The molecule has 2 nitrogen and oxygen atoms in total. The van der Waals surface area contributed by atoms with E-state index in [-0.39, 0.29) is 0 Å². The summed E-state index contributed by atoms with van der Waals surface area (Å²) in [6.07, 6.45) is 36.6. The van der Waals surface area contributed by atoms with Crippen molar-refractivity contribution in [2.24, 2.45) is 0 Å². The van der Waals surface area contributed by atoms with Crippen LogP contribution in [0.25, 0.3) is 89.5 Å². The van der Waals surface area contributed by atoms with Gasteiger partial charge in [-0.25, -0.2) is 0 Å². The molecule has 0 aliphatic carbocycles. The van der Waals surface area contributed by atoms with E-state index in [1.807, 2.05) is 0 Å². The van der Waals surface area contributed by atoms with Crippen molar-refractivity contribution in [1.82, 2.24) is 9.13 Å². The molecule has 2 heterocycles. The first-order valence-electron chi connectivity index (χ1n) is 27.0. The number of nitrogens with zero attached hydrogens (tertiary/aromatic N) is 2. The maximum absolute atomic E-state index is 2.58. The van der Waals surface area contributed by atoms with E-state index in [0.717, 1.165) is 13.1 Å². The van der Waals surface area contributed by atoms with Gasteiger partial charge in [0.05, 0.1) is 0 Å². The first-order chi connectivity index (χ1) is 33.7. The smallest absolute Gasteiger partial charge is 0.0491 e. The van der Waals surface area contributed by atoms with Gasteiger partial charge in [0.2, 0.25) is 0 Å². The predicted octanol–water partition coefficient (Wildman–Crippen LogP) is 20.4. The molecule has 0 spiro atoms. The summed E-state index contributed by atoms with van der Waals surface area (Å²) in [5, 5.41) is 10.5. The van der Waals surface area contributed by atoms with Gasteiger partial charge in [-0.2, -0.15) is 0 Å². The molecule has 2 heteroatoms. The van der Waals surface area contributed by atoms with Crippen molar-refractivity contribution in [2.75, 3.05) is 0 Å². The van der Waals surface area contributed by atoms with Crippen LogP contribution in [0, 0.1) is 0 Å². The molecule has 2 aromatic heterocycles. The fourth-order valence-electron chi connectivity index (χ4n) is 11.3. The monoisotopic (exact) mass is 897 g/mol. The van der Waals surface area contributed by atoms with Crippen LogP contribution in [-0.2, 0) is 13.1 Å². The lowest BCUT2D eigenvalue weighted by molar-refractivity contribution is 0.541. The van der Waals surface area contributed by atoms with Gasteiger partial charge in [-0.3, -0.25) is 0 Å². The fraction of sp³-hybridized carbons (Fsp3) is 0.364. The minimum atomic E-state index is 1.08. The van der Waals surface area contributed by atoms with Gasteiger partial charge in [0.25, 0.3) is 0 Å². The van der Waals surface area contributed by atoms with E-state index in [0.29, 0.717) is 0 Å². The molecule has 0 saturated heterocycles. The number of hydrogen-bond acceptors (Lipinski definition) is 0. The maximum Gasteiger partial charge on any atom is 0.0491 e. The molecule has 0 bridgehead atoms. The number of para-hydroxylation sites is 2. The maximum atomic E-state index is 2.58. The van der Waals surface area contributed by atoms with Gasteiger partial charge >= 0.3 is 0 Å². The molecule has 0 saturated carbocycles. The van der Waals surface area contributed by atoms with E-state index >= 15 is 0 Å². The van der Waals surface area contributed by atoms with Gasteiger partial charge in [0.1, 0.15) is 0 Å². The van der Waals surface area contributed by atoms with Crippen molar-refractivity contribution in [2.45, 2.75) is 155 Å². The van der Waals surface area contributed by atoms with Crippen LogP contribution in [-0.4, -0.2) is 9.13 Å². The Labute approximate surface area is 407 Å². The Bertz CT molecular complexity index is 2850. The van der Waals surface area contributed by atoms with Crippen LogP contribution >= 0.6 is 0 Å². The zero-order valence-electron chi connectivity index (χ0n) is 41.5. The SMILES string of the molecule is CCCCCCCCCCCCn1c2ccccc2c2cc(/C=C/c3c4ccccc4c(/C=C/c4ccc5c(c4)c4ccccc4n5CCCCCCCCCCCC)c4ccccc34)ccc21. The van der Waals surface area contributed by atoms with Crippen molar-refractivity contribution in [3.63, 3.8) is 0 Å². The van der Waals surface area contributed by atoms with Gasteiger partial charge in [-0.05, 0) is 93.0 Å². The Morgan fingerprint density at radius 1 is 0.279 bits per heavy atom. The predicted molar refractivity (Wildman–Crippen MR) is 302 cm³/mol. The third-order valence-corrected chi connectivity index (χ3v) is 15.0. The molecule has 0 unspecified atom stereocenters. The van der Waals surface area contributed by atoms with E-state index in [9.17, 15) is 0 Å². The molecular formula is C66H76N2. The topological polar surface area (TPSA) is 9.86 Å². The minimum Gasteiger partial charge on any atom is -0.340 e. The quantitative estimate of drug-likeness (QED) is 0.0291. The highest BCUT2D eigenvalue weighted by Crippen LogP contribution is 2.37. The lowest BCUT2D eigenvalue weighted by Gasteiger charge is -2.13. The van der Waals surface area contributed by atoms with E-state index in [1.54, 1.807) is 0 Å². The number of hydrogen-bond donors (Lipinski definition) is 0. The Hall–Kier alpha value is -5.86. The van der Waals surface area contributed by atoms with Crippen LogP contribution in [0.3, 0.4) is 0 Å². The van der Waals surface area contributed by atoms with Gasteiger partial charge in [0.15, 0.2) is 0 Å². The summed E-state index contributed by atoms with van der Waals surface area (Å²) in [7, 11) is 0. The zero-order valence-corrected chi connectivity index (χ0v) is 41.5. The normalized spacial score (nSPS) is 12.3. The number of unbranched alkanes of at least 4 members (excludes halogenated alkanes) is 18. The van der Waals surface area contributed by atoms with Crippen LogP contribution in [0.5, 0.6) is 0 Å². The second-order valence-electron chi connectivity index (χ2n) is 19.8. The molecule has 0 N–H and O–H groups in total. The molecule has 9 rings (SSSR count). The minimum absolute atomic E-state index is 1.08. The van der Waals surface area contributed by atoms with Crippen LogP contribution in [0.15, 0.2) is 133 Å². The summed E-state index contributed by atoms with van der Waals surface area (Å²) < 4.78 is 5.15. The summed E-state index contributed by atoms with van der Waals surface area (Å²) in [5.41, 5.74) is 10.4. The molecule has 0 aliphatic heterocycles. The number of aryl methyl sites for hydroxylation is 2. The highest BCUT2D eigenvalue weighted by molar-refractivity contribution is 6.15.